The zero-order valence-corrected chi connectivity index (χ0v) is 17.1. The van der Waals surface area contributed by atoms with E-state index in [-0.39, 0.29) is 42.5 Å². The molecule has 3 N–H and O–H groups in total. The van der Waals surface area contributed by atoms with Gasteiger partial charge in [0.2, 0.25) is 5.91 Å². The minimum Gasteiger partial charge on any atom is -0.354 e. The van der Waals surface area contributed by atoms with Gasteiger partial charge >= 0.3 is 0 Å². The highest BCUT2D eigenvalue weighted by atomic mass is 127. The normalized spacial score (nSPS) is 28.0. The number of carbonyl (C=O) groups excluding carboxylic acids is 1. The van der Waals surface area contributed by atoms with E-state index >= 15 is 0 Å². The van der Waals surface area contributed by atoms with Crippen LogP contribution in [-0.2, 0) is 4.79 Å². The van der Waals surface area contributed by atoms with Crippen LogP contribution in [0.25, 0.3) is 0 Å². The highest BCUT2D eigenvalue weighted by molar-refractivity contribution is 14.0. The van der Waals surface area contributed by atoms with E-state index in [1.54, 1.807) is 7.05 Å². The van der Waals surface area contributed by atoms with E-state index in [1.807, 2.05) is 13.8 Å². The van der Waals surface area contributed by atoms with Crippen molar-refractivity contribution >= 4 is 35.8 Å². The van der Waals surface area contributed by atoms with E-state index in [9.17, 15) is 4.79 Å². The molecule has 6 nitrogen and oxygen atoms in total. The SMILES string of the molecule is CN=C(NCC(=O)NC(C)C)NC1CC2CCCC(C1)N2C.I. The Hall–Kier alpha value is -0.570. The molecule has 7 heteroatoms. The third-order valence-corrected chi connectivity index (χ3v) is 4.77. The molecule has 1 amide bonds. The average molecular weight is 437 g/mol. The zero-order chi connectivity index (χ0) is 16.1. The van der Waals surface area contributed by atoms with Gasteiger partial charge in [-0.1, -0.05) is 6.42 Å². The van der Waals surface area contributed by atoms with Crippen molar-refractivity contribution in [3.8, 4) is 0 Å². The summed E-state index contributed by atoms with van der Waals surface area (Å²) in [6.45, 7) is 4.18. The van der Waals surface area contributed by atoms with Gasteiger partial charge in [0, 0.05) is 31.2 Å². The van der Waals surface area contributed by atoms with Crippen molar-refractivity contribution in [3.63, 3.8) is 0 Å². The molecule has 0 aromatic carbocycles. The summed E-state index contributed by atoms with van der Waals surface area (Å²) in [7, 11) is 4.01. The van der Waals surface area contributed by atoms with Crippen LogP contribution in [0.15, 0.2) is 4.99 Å². The van der Waals surface area contributed by atoms with Crippen LogP contribution < -0.4 is 16.0 Å². The van der Waals surface area contributed by atoms with Gasteiger partial charge in [0.25, 0.3) is 0 Å². The second kappa shape index (κ2) is 9.66. The number of fused-ring (bicyclic) bond motifs is 2. The Morgan fingerprint density at radius 3 is 2.39 bits per heavy atom. The molecule has 2 saturated heterocycles. The second-order valence-corrected chi connectivity index (χ2v) is 6.86. The summed E-state index contributed by atoms with van der Waals surface area (Å²) < 4.78 is 0. The number of guanidine groups is 1. The Balaban J connectivity index is 0.00000264. The maximum Gasteiger partial charge on any atom is 0.239 e. The highest BCUT2D eigenvalue weighted by Crippen LogP contribution is 2.32. The molecular weight excluding hydrogens is 405 g/mol. The number of carbonyl (C=O) groups is 1. The maximum atomic E-state index is 11.7. The fraction of sp³-hybridized carbons (Fsp3) is 0.875. The van der Waals surface area contributed by atoms with Crippen molar-refractivity contribution in [2.45, 2.75) is 70.1 Å². The van der Waals surface area contributed by atoms with Crippen LogP contribution >= 0.6 is 24.0 Å². The van der Waals surface area contributed by atoms with Gasteiger partial charge < -0.3 is 20.9 Å². The molecule has 0 saturated carbocycles. The fourth-order valence-corrected chi connectivity index (χ4v) is 3.66. The van der Waals surface area contributed by atoms with E-state index in [0.29, 0.717) is 18.1 Å². The molecule has 2 fully saturated rings. The number of amides is 1. The summed E-state index contributed by atoms with van der Waals surface area (Å²) in [6, 6.07) is 1.99. The lowest BCUT2D eigenvalue weighted by Gasteiger charge is -2.47. The standard InChI is InChI=1S/C16H31N5O.HI/c1-11(2)19-15(22)10-18-16(17-3)20-12-8-13-6-5-7-14(9-12)21(13)4;/h11-14H,5-10H2,1-4H3,(H,19,22)(H2,17,18,20);1H. The smallest absolute Gasteiger partial charge is 0.239 e. The molecular formula is C16H32IN5O. The van der Waals surface area contributed by atoms with Gasteiger partial charge in [-0.3, -0.25) is 9.79 Å². The van der Waals surface area contributed by atoms with Gasteiger partial charge in [-0.15, -0.1) is 24.0 Å². The summed E-state index contributed by atoms with van der Waals surface area (Å²) in [5, 5.41) is 9.48. The van der Waals surface area contributed by atoms with Crippen molar-refractivity contribution in [2.75, 3.05) is 20.6 Å². The molecule has 2 atom stereocenters. The third-order valence-electron chi connectivity index (χ3n) is 4.77. The molecule has 0 aliphatic carbocycles. The van der Waals surface area contributed by atoms with Gasteiger partial charge in [-0.2, -0.15) is 0 Å². The van der Waals surface area contributed by atoms with Gasteiger partial charge in [-0.25, -0.2) is 0 Å². The fourth-order valence-electron chi connectivity index (χ4n) is 3.66. The van der Waals surface area contributed by atoms with E-state index in [1.165, 1.54) is 19.3 Å². The Bertz CT molecular complexity index is 401. The molecule has 2 unspecified atom stereocenters. The molecule has 134 valence electrons. The number of hydrogen-bond acceptors (Lipinski definition) is 3. The molecule has 2 aliphatic heterocycles. The van der Waals surface area contributed by atoms with Gasteiger partial charge in [0.05, 0.1) is 6.54 Å². The van der Waals surface area contributed by atoms with Gasteiger partial charge in [0.1, 0.15) is 0 Å². The molecule has 0 aromatic rings. The minimum atomic E-state index is -0.00167. The topological polar surface area (TPSA) is 68.8 Å². The van der Waals surface area contributed by atoms with Crippen molar-refractivity contribution in [1.29, 1.82) is 0 Å². The molecule has 2 heterocycles. The van der Waals surface area contributed by atoms with Gasteiger partial charge in [0.15, 0.2) is 5.96 Å². The van der Waals surface area contributed by atoms with E-state index in [0.717, 1.165) is 18.8 Å². The predicted octanol–water partition coefficient (Wildman–Crippen LogP) is 1.31. The minimum absolute atomic E-state index is 0. The van der Waals surface area contributed by atoms with Crippen molar-refractivity contribution < 1.29 is 4.79 Å². The third kappa shape index (κ3) is 6.10. The first-order chi connectivity index (χ1) is 10.5. The van der Waals surface area contributed by atoms with Crippen molar-refractivity contribution in [3.05, 3.63) is 0 Å². The summed E-state index contributed by atoms with van der Waals surface area (Å²) in [5.41, 5.74) is 0. The quantitative estimate of drug-likeness (QED) is 0.353. The Morgan fingerprint density at radius 2 is 1.87 bits per heavy atom. The number of piperidine rings is 2. The molecule has 2 bridgehead atoms. The number of halogens is 1. The molecule has 0 spiro atoms. The zero-order valence-electron chi connectivity index (χ0n) is 14.8. The van der Waals surface area contributed by atoms with Crippen LogP contribution in [0.1, 0.15) is 46.0 Å². The molecule has 0 radical (unpaired) electrons. The van der Waals surface area contributed by atoms with E-state index in [4.69, 9.17) is 0 Å². The molecule has 2 aliphatic rings. The van der Waals surface area contributed by atoms with Crippen LogP contribution in [0.2, 0.25) is 0 Å². The molecule has 2 rings (SSSR count). The number of nitrogens with one attached hydrogen (secondary N) is 3. The molecule has 23 heavy (non-hydrogen) atoms. The van der Waals surface area contributed by atoms with Crippen LogP contribution in [-0.4, -0.2) is 61.6 Å². The monoisotopic (exact) mass is 437 g/mol. The van der Waals surface area contributed by atoms with Crippen LogP contribution in [0.3, 0.4) is 0 Å². The summed E-state index contributed by atoms with van der Waals surface area (Å²) in [4.78, 5) is 18.5. The van der Waals surface area contributed by atoms with Gasteiger partial charge in [-0.05, 0) is 46.6 Å². The van der Waals surface area contributed by atoms with Crippen LogP contribution in [0.5, 0.6) is 0 Å². The van der Waals surface area contributed by atoms with E-state index < -0.39 is 0 Å². The maximum absolute atomic E-state index is 11.7. The first-order valence-corrected chi connectivity index (χ1v) is 8.48. The highest BCUT2D eigenvalue weighted by Gasteiger charge is 2.36. The summed E-state index contributed by atoms with van der Waals surface area (Å²) in [5.74, 6) is 0.727. The largest absolute Gasteiger partial charge is 0.354 e. The Labute approximate surface area is 157 Å². The summed E-state index contributed by atoms with van der Waals surface area (Å²) >= 11 is 0. The lowest BCUT2D eigenvalue weighted by molar-refractivity contribution is -0.120. The number of hydrogen-bond donors (Lipinski definition) is 3. The van der Waals surface area contributed by atoms with Crippen molar-refractivity contribution in [2.24, 2.45) is 4.99 Å². The lowest BCUT2D eigenvalue weighted by Crippen LogP contribution is -2.57. The van der Waals surface area contributed by atoms with E-state index in [2.05, 4.69) is 32.9 Å². The number of aliphatic imine (C=N–C) groups is 1. The first-order valence-electron chi connectivity index (χ1n) is 8.48. The van der Waals surface area contributed by atoms with Crippen molar-refractivity contribution in [1.82, 2.24) is 20.9 Å². The average Bonchev–Trinajstić information content (AvgIpc) is 2.43. The summed E-state index contributed by atoms with van der Waals surface area (Å²) in [6.07, 6.45) is 6.27. The number of rotatable bonds is 4. The van der Waals surface area contributed by atoms with Crippen LogP contribution in [0.4, 0.5) is 0 Å². The number of nitrogens with zero attached hydrogens (tertiary/aromatic N) is 2. The Kier molecular flexibility index (Phi) is 8.60. The lowest BCUT2D eigenvalue weighted by atomic mass is 9.82. The predicted molar refractivity (Wildman–Crippen MR) is 105 cm³/mol. The Morgan fingerprint density at radius 1 is 1.26 bits per heavy atom. The molecule has 0 aromatic heterocycles. The van der Waals surface area contributed by atoms with Crippen LogP contribution in [0, 0.1) is 0 Å². The second-order valence-electron chi connectivity index (χ2n) is 6.86. The first kappa shape index (κ1) is 20.5.